The summed E-state index contributed by atoms with van der Waals surface area (Å²) in [6.45, 7) is 4.07. The number of aliphatic hydroxyl groups excluding tert-OH is 1. The van der Waals surface area contributed by atoms with Gasteiger partial charge in [0.15, 0.2) is 0 Å². The van der Waals surface area contributed by atoms with Crippen molar-refractivity contribution >= 4 is 0 Å². The second-order valence-electron chi connectivity index (χ2n) is 4.72. The molecule has 2 fully saturated rings. The van der Waals surface area contributed by atoms with Gasteiger partial charge in [0.05, 0.1) is 0 Å². The summed E-state index contributed by atoms with van der Waals surface area (Å²) in [5.41, 5.74) is 0. The van der Waals surface area contributed by atoms with Gasteiger partial charge in [0.2, 0.25) is 0 Å². The largest absolute Gasteiger partial charge is 0.396 e. The topological polar surface area (TPSA) is 23.5 Å². The lowest BCUT2D eigenvalue weighted by atomic mass is 10.3. The molecule has 1 N–H and O–H groups in total. The average molecular weight is 183 g/mol. The number of hydrogen-bond donors (Lipinski definition) is 1. The lowest BCUT2D eigenvalue weighted by Gasteiger charge is -2.21. The molecule has 2 nitrogen and oxygen atoms in total. The number of hydrogen-bond acceptors (Lipinski definition) is 2. The van der Waals surface area contributed by atoms with E-state index in [9.17, 15) is 0 Å². The summed E-state index contributed by atoms with van der Waals surface area (Å²) in [5.74, 6) is 2.00. The van der Waals surface area contributed by atoms with E-state index in [1.807, 2.05) is 0 Å². The fraction of sp³-hybridized carbons (Fsp3) is 1.00. The predicted octanol–water partition coefficient (Wildman–Crippen LogP) is 1.49. The summed E-state index contributed by atoms with van der Waals surface area (Å²) in [6.07, 6.45) is 6.74. The molecule has 2 heteroatoms. The van der Waals surface area contributed by atoms with Crippen molar-refractivity contribution < 1.29 is 5.11 Å². The van der Waals surface area contributed by atoms with Gasteiger partial charge in [-0.3, -0.25) is 0 Å². The summed E-state index contributed by atoms with van der Waals surface area (Å²) >= 11 is 0. The highest BCUT2D eigenvalue weighted by Gasteiger charge is 2.28. The fourth-order valence-corrected chi connectivity index (χ4v) is 1.88. The molecule has 0 atom stereocenters. The molecule has 0 aromatic carbocycles. The minimum Gasteiger partial charge on any atom is -0.396 e. The molecule has 0 unspecified atom stereocenters. The first-order valence-electron chi connectivity index (χ1n) is 5.71. The van der Waals surface area contributed by atoms with Gasteiger partial charge in [-0.05, 0) is 43.9 Å². The van der Waals surface area contributed by atoms with Crippen LogP contribution in [0.5, 0.6) is 0 Å². The van der Waals surface area contributed by atoms with Gasteiger partial charge in [-0.15, -0.1) is 0 Å². The smallest absolute Gasteiger partial charge is 0.0443 e. The quantitative estimate of drug-likeness (QED) is 0.646. The Morgan fingerprint density at radius 1 is 1.00 bits per heavy atom. The predicted molar refractivity (Wildman–Crippen MR) is 53.6 cm³/mol. The van der Waals surface area contributed by atoms with Gasteiger partial charge >= 0.3 is 0 Å². The van der Waals surface area contributed by atoms with Crippen LogP contribution in [-0.2, 0) is 0 Å². The van der Waals surface area contributed by atoms with Crippen molar-refractivity contribution in [3.8, 4) is 0 Å². The van der Waals surface area contributed by atoms with Crippen molar-refractivity contribution in [2.45, 2.75) is 32.1 Å². The summed E-state index contributed by atoms with van der Waals surface area (Å²) in [6, 6.07) is 0. The van der Waals surface area contributed by atoms with E-state index >= 15 is 0 Å². The third kappa shape index (κ3) is 3.65. The van der Waals surface area contributed by atoms with Crippen LogP contribution < -0.4 is 0 Å². The molecule has 0 aromatic rings. The van der Waals surface area contributed by atoms with Crippen LogP contribution in [-0.4, -0.2) is 36.2 Å². The standard InChI is InChI=1S/C11H21NO/c13-7-1-6-12(8-10-2-3-10)9-11-4-5-11/h10-11,13H,1-9H2. The van der Waals surface area contributed by atoms with Crippen LogP contribution in [0, 0.1) is 11.8 Å². The number of aliphatic hydroxyl groups is 1. The van der Waals surface area contributed by atoms with Crippen molar-refractivity contribution in [3.05, 3.63) is 0 Å². The maximum absolute atomic E-state index is 8.79. The highest BCUT2D eigenvalue weighted by molar-refractivity contribution is 4.82. The molecule has 0 heterocycles. The normalized spacial score (nSPS) is 22.6. The number of rotatable bonds is 7. The Hall–Kier alpha value is -0.0800. The molecule has 0 bridgehead atoms. The Morgan fingerprint density at radius 2 is 1.54 bits per heavy atom. The molecule has 0 amide bonds. The Bertz CT molecular complexity index is 138. The maximum Gasteiger partial charge on any atom is 0.0443 e. The molecule has 0 radical (unpaired) electrons. The van der Waals surface area contributed by atoms with Crippen molar-refractivity contribution in [3.63, 3.8) is 0 Å². The van der Waals surface area contributed by atoms with E-state index < -0.39 is 0 Å². The SMILES string of the molecule is OCCCN(CC1CC1)CC1CC1. The summed E-state index contributed by atoms with van der Waals surface area (Å²) in [4.78, 5) is 2.57. The molecule has 2 rings (SSSR count). The second-order valence-corrected chi connectivity index (χ2v) is 4.72. The highest BCUT2D eigenvalue weighted by Crippen LogP contribution is 2.33. The first-order valence-corrected chi connectivity index (χ1v) is 5.71. The van der Waals surface area contributed by atoms with E-state index in [-0.39, 0.29) is 0 Å². The number of nitrogens with zero attached hydrogens (tertiary/aromatic N) is 1. The van der Waals surface area contributed by atoms with E-state index in [1.165, 1.54) is 38.8 Å². The Balaban J connectivity index is 1.64. The molecule has 0 aliphatic heterocycles. The van der Waals surface area contributed by atoms with Gasteiger partial charge in [-0.25, -0.2) is 0 Å². The zero-order valence-electron chi connectivity index (χ0n) is 8.41. The van der Waals surface area contributed by atoms with Crippen LogP contribution in [0.3, 0.4) is 0 Å². The third-order valence-electron chi connectivity index (χ3n) is 3.06. The average Bonchev–Trinajstić information content (AvgIpc) is 2.94. The fourth-order valence-electron chi connectivity index (χ4n) is 1.88. The lowest BCUT2D eigenvalue weighted by molar-refractivity contribution is 0.212. The van der Waals surface area contributed by atoms with Gasteiger partial charge in [0.25, 0.3) is 0 Å². The molecule has 76 valence electrons. The van der Waals surface area contributed by atoms with E-state index in [0.717, 1.165) is 24.8 Å². The van der Waals surface area contributed by atoms with Crippen LogP contribution in [0.1, 0.15) is 32.1 Å². The van der Waals surface area contributed by atoms with E-state index in [4.69, 9.17) is 5.11 Å². The van der Waals surface area contributed by atoms with Gasteiger partial charge in [0.1, 0.15) is 0 Å². The van der Waals surface area contributed by atoms with Crippen LogP contribution in [0.2, 0.25) is 0 Å². The maximum atomic E-state index is 8.79. The molecular formula is C11H21NO. The summed E-state index contributed by atoms with van der Waals surface area (Å²) < 4.78 is 0. The monoisotopic (exact) mass is 183 g/mol. The van der Waals surface area contributed by atoms with Gasteiger partial charge in [-0.2, -0.15) is 0 Å². The minimum atomic E-state index is 0.353. The van der Waals surface area contributed by atoms with Crippen molar-refractivity contribution in [2.24, 2.45) is 11.8 Å². The molecule has 0 aromatic heterocycles. The highest BCUT2D eigenvalue weighted by atomic mass is 16.3. The molecule has 13 heavy (non-hydrogen) atoms. The van der Waals surface area contributed by atoms with Gasteiger partial charge in [0, 0.05) is 26.2 Å². The van der Waals surface area contributed by atoms with Crippen LogP contribution in [0.4, 0.5) is 0 Å². The van der Waals surface area contributed by atoms with Crippen molar-refractivity contribution in [1.82, 2.24) is 4.90 Å². The van der Waals surface area contributed by atoms with E-state index in [0.29, 0.717) is 6.61 Å². The van der Waals surface area contributed by atoms with Crippen LogP contribution >= 0.6 is 0 Å². The van der Waals surface area contributed by atoms with Gasteiger partial charge in [-0.1, -0.05) is 0 Å². The second kappa shape index (κ2) is 4.43. The zero-order chi connectivity index (χ0) is 9.10. The van der Waals surface area contributed by atoms with Crippen molar-refractivity contribution in [1.29, 1.82) is 0 Å². The van der Waals surface area contributed by atoms with E-state index in [2.05, 4.69) is 4.90 Å². The van der Waals surface area contributed by atoms with Gasteiger partial charge < -0.3 is 10.0 Å². The van der Waals surface area contributed by atoms with E-state index in [1.54, 1.807) is 0 Å². The molecule has 2 aliphatic carbocycles. The molecule has 0 saturated heterocycles. The zero-order valence-corrected chi connectivity index (χ0v) is 8.41. The Morgan fingerprint density at radius 3 is 1.92 bits per heavy atom. The summed E-state index contributed by atoms with van der Waals surface area (Å²) in [5, 5.41) is 8.79. The van der Waals surface area contributed by atoms with Crippen molar-refractivity contribution in [2.75, 3.05) is 26.2 Å². The minimum absolute atomic E-state index is 0.353. The Kier molecular flexibility index (Phi) is 3.23. The Labute approximate surface area is 80.9 Å². The molecular weight excluding hydrogens is 162 g/mol. The van der Waals surface area contributed by atoms with Crippen LogP contribution in [0.15, 0.2) is 0 Å². The molecule has 2 aliphatic rings. The lowest BCUT2D eigenvalue weighted by Crippen LogP contribution is -2.29. The summed E-state index contributed by atoms with van der Waals surface area (Å²) in [7, 11) is 0. The molecule has 0 spiro atoms. The van der Waals surface area contributed by atoms with Crippen LogP contribution in [0.25, 0.3) is 0 Å². The first-order chi connectivity index (χ1) is 6.38. The first kappa shape index (κ1) is 9.47. The third-order valence-corrected chi connectivity index (χ3v) is 3.06. The molecule has 2 saturated carbocycles.